The van der Waals surface area contributed by atoms with E-state index in [1.807, 2.05) is 61.5 Å². The highest BCUT2D eigenvalue weighted by molar-refractivity contribution is 6.04. The molecule has 0 spiro atoms. The fraction of sp³-hybridized carbons (Fsp3) is 0.115. The third-order valence-corrected chi connectivity index (χ3v) is 5.04. The number of nitrogens with zero attached hydrogens (tertiary/aromatic N) is 1. The lowest BCUT2D eigenvalue weighted by atomic mass is 10.1. The molecule has 6 nitrogen and oxygen atoms in total. The molecule has 0 fully saturated rings. The fourth-order valence-electron chi connectivity index (χ4n) is 3.37. The van der Waals surface area contributed by atoms with Gasteiger partial charge in [0.2, 0.25) is 0 Å². The van der Waals surface area contributed by atoms with Gasteiger partial charge in [-0.1, -0.05) is 48.5 Å². The number of anilines is 1. The molecule has 32 heavy (non-hydrogen) atoms. The molecule has 0 radical (unpaired) electrons. The molecule has 4 rings (SSSR count). The van der Waals surface area contributed by atoms with Gasteiger partial charge in [-0.05, 0) is 48.9 Å². The maximum atomic E-state index is 12.8. The molecular weight excluding hydrogens is 402 g/mol. The summed E-state index contributed by atoms with van der Waals surface area (Å²) >= 11 is 0. The van der Waals surface area contributed by atoms with Crippen LogP contribution in [0.5, 0.6) is 5.75 Å². The van der Waals surface area contributed by atoms with Crippen LogP contribution in [-0.2, 0) is 4.79 Å². The molecule has 0 saturated carbocycles. The third kappa shape index (κ3) is 5.10. The van der Waals surface area contributed by atoms with Crippen molar-refractivity contribution in [2.75, 3.05) is 11.9 Å². The monoisotopic (exact) mass is 425 g/mol. The Morgan fingerprint density at radius 2 is 1.72 bits per heavy atom. The van der Waals surface area contributed by atoms with Crippen LogP contribution in [0.1, 0.15) is 28.9 Å². The molecule has 1 atom stereocenters. The van der Waals surface area contributed by atoms with E-state index in [0.29, 0.717) is 17.0 Å². The lowest BCUT2D eigenvalue weighted by Gasteiger charge is -2.16. The van der Waals surface area contributed by atoms with E-state index in [2.05, 4.69) is 15.6 Å². The number of ether oxygens (including phenoxy) is 1. The predicted octanol–water partition coefficient (Wildman–Crippen LogP) is 4.74. The number of hydrogen-bond acceptors (Lipinski definition) is 4. The summed E-state index contributed by atoms with van der Waals surface area (Å²) in [5.41, 5.74) is 2.68. The number of amides is 2. The summed E-state index contributed by atoms with van der Waals surface area (Å²) in [5.74, 6) is -0.0452. The van der Waals surface area contributed by atoms with Gasteiger partial charge in [0.15, 0.2) is 6.61 Å². The van der Waals surface area contributed by atoms with Crippen molar-refractivity contribution in [1.82, 2.24) is 10.3 Å². The van der Waals surface area contributed by atoms with E-state index < -0.39 is 0 Å². The maximum Gasteiger partial charge on any atom is 0.262 e. The summed E-state index contributed by atoms with van der Waals surface area (Å²) in [4.78, 5) is 29.6. The van der Waals surface area contributed by atoms with Gasteiger partial charge in [-0.2, -0.15) is 0 Å². The molecule has 160 valence electrons. The van der Waals surface area contributed by atoms with Crippen molar-refractivity contribution in [2.45, 2.75) is 13.0 Å². The Labute approximate surface area is 186 Å². The molecule has 2 amide bonds. The molecule has 1 aromatic heterocycles. The Hall–Kier alpha value is -4.19. The smallest absolute Gasteiger partial charge is 0.262 e. The second-order valence-corrected chi connectivity index (χ2v) is 7.35. The zero-order valence-electron chi connectivity index (χ0n) is 17.6. The van der Waals surface area contributed by atoms with E-state index >= 15 is 0 Å². The highest BCUT2D eigenvalue weighted by Gasteiger charge is 2.16. The normalized spacial score (nSPS) is 11.5. The number of aromatic nitrogens is 1. The number of carbonyl (C=O) groups is 2. The summed E-state index contributed by atoms with van der Waals surface area (Å²) in [5, 5.41) is 6.68. The van der Waals surface area contributed by atoms with Crippen LogP contribution >= 0.6 is 0 Å². The van der Waals surface area contributed by atoms with Gasteiger partial charge in [0, 0.05) is 11.6 Å². The molecule has 6 heteroatoms. The van der Waals surface area contributed by atoms with Crippen LogP contribution in [0.2, 0.25) is 0 Å². The van der Waals surface area contributed by atoms with Gasteiger partial charge in [0.25, 0.3) is 11.8 Å². The minimum atomic E-state index is -0.354. The van der Waals surface area contributed by atoms with Crippen LogP contribution in [0.4, 0.5) is 5.69 Å². The molecule has 2 N–H and O–H groups in total. The van der Waals surface area contributed by atoms with Gasteiger partial charge in [0.05, 0.1) is 22.8 Å². The zero-order valence-corrected chi connectivity index (χ0v) is 17.6. The highest BCUT2D eigenvalue weighted by Crippen LogP contribution is 2.20. The van der Waals surface area contributed by atoms with E-state index in [-0.39, 0.29) is 24.5 Å². The van der Waals surface area contributed by atoms with Gasteiger partial charge < -0.3 is 15.4 Å². The predicted molar refractivity (Wildman–Crippen MR) is 125 cm³/mol. The first-order valence-corrected chi connectivity index (χ1v) is 10.3. The van der Waals surface area contributed by atoms with Crippen LogP contribution in [0.3, 0.4) is 0 Å². The number of nitrogens with one attached hydrogen (secondary N) is 2. The summed E-state index contributed by atoms with van der Waals surface area (Å²) < 4.78 is 5.63. The second-order valence-electron chi connectivity index (χ2n) is 7.35. The number of benzene rings is 3. The SMILES string of the molecule is C[C@@H](NC(=O)c1ccccc1NC(=O)COc1ccc2ncccc2c1)c1ccccc1. The van der Waals surface area contributed by atoms with E-state index in [4.69, 9.17) is 4.74 Å². The average Bonchev–Trinajstić information content (AvgIpc) is 2.83. The van der Waals surface area contributed by atoms with Crippen LogP contribution in [0, 0.1) is 0 Å². The fourth-order valence-corrected chi connectivity index (χ4v) is 3.37. The number of para-hydroxylation sites is 1. The molecule has 3 aromatic carbocycles. The van der Waals surface area contributed by atoms with Crippen molar-refractivity contribution in [3.63, 3.8) is 0 Å². The van der Waals surface area contributed by atoms with Gasteiger partial charge in [-0.25, -0.2) is 0 Å². The minimum Gasteiger partial charge on any atom is -0.484 e. The lowest BCUT2D eigenvalue weighted by molar-refractivity contribution is -0.118. The Morgan fingerprint density at radius 3 is 2.56 bits per heavy atom. The lowest BCUT2D eigenvalue weighted by Crippen LogP contribution is -2.28. The number of fused-ring (bicyclic) bond motifs is 1. The number of carbonyl (C=O) groups excluding carboxylic acids is 2. The van der Waals surface area contributed by atoms with Gasteiger partial charge in [0.1, 0.15) is 5.75 Å². The summed E-state index contributed by atoms with van der Waals surface area (Å²) in [6.07, 6.45) is 1.73. The Bertz CT molecular complexity index is 1240. The first kappa shape index (κ1) is 21.1. The van der Waals surface area contributed by atoms with Crippen molar-refractivity contribution in [3.8, 4) is 5.75 Å². The van der Waals surface area contributed by atoms with Crippen LogP contribution in [0.15, 0.2) is 91.1 Å². The molecule has 0 aliphatic heterocycles. The van der Waals surface area contributed by atoms with E-state index in [1.54, 1.807) is 36.5 Å². The summed E-state index contributed by atoms with van der Waals surface area (Å²) in [7, 11) is 0. The van der Waals surface area contributed by atoms with Gasteiger partial charge in [-0.15, -0.1) is 0 Å². The highest BCUT2D eigenvalue weighted by atomic mass is 16.5. The summed E-state index contributed by atoms with van der Waals surface area (Å²) in [6.45, 7) is 1.74. The molecule has 0 unspecified atom stereocenters. The second kappa shape index (κ2) is 9.75. The molecular formula is C26H23N3O3. The van der Waals surface area contributed by atoms with Gasteiger partial charge >= 0.3 is 0 Å². The first-order chi connectivity index (χ1) is 15.6. The zero-order chi connectivity index (χ0) is 22.3. The van der Waals surface area contributed by atoms with Crippen molar-refractivity contribution in [3.05, 3.63) is 102 Å². The third-order valence-electron chi connectivity index (χ3n) is 5.04. The Balaban J connectivity index is 1.39. The van der Waals surface area contributed by atoms with Crippen LogP contribution < -0.4 is 15.4 Å². The molecule has 0 aliphatic carbocycles. The summed E-state index contributed by atoms with van der Waals surface area (Å²) in [6, 6.07) is 25.7. The van der Waals surface area contributed by atoms with Crippen molar-refractivity contribution >= 4 is 28.4 Å². The maximum absolute atomic E-state index is 12.8. The number of hydrogen-bond donors (Lipinski definition) is 2. The topological polar surface area (TPSA) is 80.3 Å². The largest absolute Gasteiger partial charge is 0.484 e. The van der Waals surface area contributed by atoms with E-state index in [9.17, 15) is 9.59 Å². The molecule has 1 heterocycles. The number of pyridine rings is 1. The van der Waals surface area contributed by atoms with Crippen LogP contribution in [-0.4, -0.2) is 23.4 Å². The van der Waals surface area contributed by atoms with Gasteiger partial charge in [-0.3, -0.25) is 14.6 Å². The molecule has 0 saturated heterocycles. The quantitative estimate of drug-likeness (QED) is 0.448. The first-order valence-electron chi connectivity index (χ1n) is 10.3. The average molecular weight is 425 g/mol. The standard InChI is InChI=1S/C26H23N3O3/c1-18(19-8-3-2-4-9-19)28-26(31)22-11-5-6-12-24(22)29-25(30)17-32-21-13-14-23-20(16-21)10-7-15-27-23/h2-16,18H,17H2,1H3,(H,28,31)(H,29,30)/t18-/m1/s1. The Morgan fingerprint density at radius 1 is 0.938 bits per heavy atom. The minimum absolute atomic E-state index is 0.168. The molecule has 0 aliphatic rings. The number of rotatable bonds is 7. The van der Waals surface area contributed by atoms with E-state index in [0.717, 1.165) is 16.5 Å². The van der Waals surface area contributed by atoms with Crippen molar-refractivity contribution in [2.24, 2.45) is 0 Å². The van der Waals surface area contributed by atoms with Crippen molar-refractivity contribution in [1.29, 1.82) is 0 Å². The molecule has 4 aromatic rings. The van der Waals surface area contributed by atoms with E-state index in [1.165, 1.54) is 0 Å². The van der Waals surface area contributed by atoms with Crippen molar-refractivity contribution < 1.29 is 14.3 Å². The molecule has 0 bridgehead atoms. The Kier molecular flexibility index (Phi) is 6.41. The van der Waals surface area contributed by atoms with Crippen LogP contribution in [0.25, 0.3) is 10.9 Å².